The Morgan fingerprint density at radius 2 is 1.82 bits per heavy atom. The van der Waals surface area contributed by atoms with Gasteiger partial charge in [-0.05, 0) is 51.3 Å². The quantitative estimate of drug-likeness (QED) is 0.835. The number of benzene rings is 1. The van der Waals surface area contributed by atoms with Crippen molar-refractivity contribution in [3.63, 3.8) is 0 Å². The third-order valence-electron chi connectivity index (χ3n) is 4.37. The molecule has 1 aromatic carbocycles. The summed E-state index contributed by atoms with van der Waals surface area (Å²) in [5.41, 5.74) is 4.71. The van der Waals surface area contributed by atoms with E-state index < -0.39 is 0 Å². The Labute approximate surface area is 106 Å². The van der Waals surface area contributed by atoms with E-state index in [4.69, 9.17) is 0 Å². The van der Waals surface area contributed by atoms with E-state index in [9.17, 15) is 0 Å². The van der Waals surface area contributed by atoms with E-state index in [1.807, 2.05) is 0 Å². The highest BCUT2D eigenvalue weighted by Crippen LogP contribution is 2.32. The number of hydrogen-bond donors (Lipinski definition) is 1. The molecule has 1 saturated carbocycles. The summed E-state index contributed by atoms with van der Waals surface area (Å²) in [5.74, 6) is 0. The van der Waals surface area contributed by atoms with Gasteiger partial charge in [0, 0.05) is 5.54 Å². The van der Waals surface area contributed by atoms with Gasteiger partial charge in [0.2, 0.25) is 0 Å². The Kier molecular flexibility index (Phi) is 3.88. The van der Waals surface area contributed by atoms with Gasteiger partial charge in [-0.25, -0.2) is 0 Å². The summed E-state index contributed by atoms with van der Waals surface area (Å²) < 4.78 is 0. The monoisotopic (exact) mass is 231 g/mol. The van der Waals surface area contributed by atoms with Gasteiger partial charge in [-0.2, -0.15) is 0 Å². The number of hydrogen-bond acceptors (Lipinski definition) is 1. The van der Waals surface area contributed by atoms with Crippen molar-refractivity contribution in [2.24, 2.45) is 0 Å². The van der Waals surface area contributed by atoms with Gasteiger partial charge in [-0.15, -0.1) is 0 Å². The molecule has 0 radical (unpaired) electrons. The van der Waals surface area contributed by atoms with Crippen molar-refractivity contribution in [3.05, 3.63) is 34.9 Å². The molecule has 1 aliphatic rings. The minimum absolute atomic E-state index is 0.358. The van der Waals surface area contributed by atoms with Gasteiger partial charge < -0.3 is 5.32 Å². The van der Waals surface area contributed by atoms with Crippen molar-refractivity contribution in [3.8, 4) is 0 Å². The van der Waals surface area contributed by atoms with Crippen LogP contribution >= 0.6 is 0 Å². The molecule has 94 valence electrons. The Hall–Kier alpha value is -0.820. The number of nitrogens with one attached hydrogen (secondary N) is 1. The summed E-state index contributed by atoms with van der Waals surface area (Å²) >= 11 is 0. The molecule has 1 aromatic rings. The Balaban J connectivity index is 2.20. The molecule has 0 unspecified atom stereocenters. The van der Waals surface area contributed by atoms with Crippen LogP contribution in [0.1, 0.15) is 48.8 Å². The average Bonchev–Trinajstić information content (AvgIpc) is 2.35. The summed E-state index contributed by atoms with van der Waals surface area (Å²) in [6.45, 7) is 4.43. The highest BCUT2D eigenvalue weighted by molar-refractivity contribution is 5.32. The van der Waals surface area contributed by atoms with E-state index >= 15 is 0 Å². The number of likely N-dealkylation sites (N-methyl/N-ethyl adjacent to an activating group) is 1. The molecule has 0 amide bonds. The van der Waals surface area contributed by atoms with Crippen LogP contribution in [0.5, 0.6) is 0 Å². The summed E-state index contributed by atoms with van der Waals surface area (Å²) in [5, 5.41) is 3.61. The van der Waals surface area contributed by atoms with Gasteiger partial charge in [0.05, 0.1) is 0 Å². The Morgan fingerprint density at radius 1 is 1.12 bits per heavy atom. The predicted molar refractivity (Wildman–Crippen MR) is 74.5 cm³/mol. The fourth-order valence-electron chi connectivity index (χ4n) is 3.10. The highest BCUT2D eigenvalue weighted by Gasteiger charge is 2.30. The fourth-order valence-corrected chi connectivity index (χ4v) is 3.10. The van der Waals surface area contributed by atoms with Gasteiger partial charge in [0.25, 0.3) is 0 Å². The van der Waals surface area contributed by atoms with Crippen molar-refractivity contribution in [2.45, 2.75) is 57.9 Å². The lowest BCUT2D eigenvalue weighted by Gasteiger charge is -2.38. The zero-order valence-electron chi connectivity index (χ0n) is 11.5. The molecule has 0 bridgehead atoms. The molecule has 0 spiro atoms. The molecule has 0 heterocycles. The SMILES string of the molecule is CNC1(Cc2cc(C)ccc2C)CCCCC1. The predicted octanol–water partition coefficient (Wildman–Crippen LogP) is 3.77. The van der Waals surface area contributed by atoms with Crippen LogP contribution in [0.25, 0.3) is 0 Å². The lowest BCUT2D eigenvalue weighted by molar-refractivity contribution is 0.244. The van der Waals surface area contributed by atoms with Crippen LogP contribution in [-0.2, 0) is 6.42 Å². The first-order chi connectivity index (χ1) is 8.15. The summed E-state index contributed by atoms with van der Waals surface area (Å²) in [6.07, 6.45) is 8.03. The van der Waals surface area contributed by atoms with Crippen molar-refractivity contribution < 1.29 is 0 Å². The molecular formula is C16H25N. The zero-order valence-corrected chi connectivity index (χ0v) is 11.5. The third kappa shape index (κ3) is 2.90. The Bertz CT molecular complexity index is 375. The summed E-state index contributed by atoms with van der Waals surface area (Å²) in [4.78, 5) is 0. The molecule has 1 nitrogen and oxygen atoms in total. The number of aryl methyl sites for hydroxylation is 2. The first kappa shape index (κ1) is 12.6. The van der Waals surface area contributed by atoms with Gasteiger partial charge in [0.1, 0.15) is 0 Å². The molecule has 2 rings (SSSR count). The van der Waals surface area contributed by atoms with E-state index in [1.54, 1.807) is 0 Å². The maximum Gasteiger partial charge on any atom is 0.0218 e. The molecule has 0 saturated heterocycles. The molecule has 17 heavy (non-hydrogen) atoms. The van der Waals surface area contributed by atoms with Crippen molar-refractivity contribution in [2.75, 3.05) is 7.05 Å². The topological polar surface area (TPSA) is 12.0 Å². The molecule has 1 aliphatic carbocycles. The smallest absolute Gasteiger partial charge is 0.0218 e. The van der Waals surface area contributed by atoms with E-state index in [1.165, 1.54) is 55.2 Å². The molecule has 1 heteroatoms. The fraction of sp³-hybridized carbons (Fsp3) is 0.625. The van der Waals surface area contributed by atoms with Crippen molar-refractivity contribution in [1.82, 2.24) is 5.32 Å². The first-order valence-corrected chi connectivity index (χ1v) is 6.90. The maximum atomic E-state index is 3.61. The van der Waals surface area contributed by atoms with Crippen LogP contribution in [0, 0.1) is 13.8 Å². The van der Waals surface area contributed by atoms with Gasteiger partial charge in [0.15, 0.2) is 0 Å². The molecule has 0 aliphatic heterocycles. The van der Waals surface area contributed by atoms with Gasteiger partial charge in [-0.3, -0.25) is 0 Å². The normalized spacial score (nSPS) is 19.2. The van der Waals surface area contributed by atoms with E-state index in [0.717, 1.165) is 0 Å². The maximum absolute atomic E-state index is 3.61. The van der Waals surface area contributed by atoms with Gasteiger partial charge >= 0.3 is 0 Å². The third-order valence-corrected chi connectivity index (χ3v) is 4.37. The first-order valence-electron chi connectivity index (χ1n) is 6.90. The van der Waals surface area contributed by atoms with Crippen LogP contribution in [0.3, 0.4) is 0 Å². The second kappa shape index (κ2) is 5.22. The van der Waals surface area contributed by atoms with Crippen LogP contribution < -0.4 is 5.32 Å². The van der Waals surface area contributed by atoms with Crippen molar-refractivity contribution in [1.29, 1.82) is 0 Å². The van der Waals surface area contributed by atoms with Crippen LogP contribution in [0.4, 0.5) is 0 Å². The van der Waals surface area contributed by atoms with Crippen LogP contribution in [0.2, 0.25) is 0 Å². The second-order valence-corrected chi connectivity index (χ2v) is 5.70. The standard InChI is InChI=1S/C16H25N/c1-13-7-8-14(2)15(11-13)12-16(17-3)9-5-4-6-10-16/h7-8,11,17H,4-6,9-10,12H2,1-3H3. The average molecular weight is 231 g/mol. The van der Waals surface area contributed by atoms with Gasteiger partial charge in [-0.1, -0.05) is 43.0 Å². The molecule has 0 atom stereocenters. The molecule has 1 fully saturated rings. The van der Waals surface area contributed by atoms with Crippen LogP contribution in [0.15, 0.2) is 18.2 Å². The van der Waals surface area contributed by atoms with Crippen LogP contribution in [-0.4, -0.2) is 12.6 Å². The zero-order chi connectivity index (χ0) is 12.3. The minimum atomic E-state index is 0.358. The summed E-state index contributed by atoms with van der Waals surface area (Å²) in [6, 6.07) is 6.84. The molecular weight excluding hydrogens is 206 g/mol. The van der Waals surface area contributed by atoms with E-state index in [2.05, 4.69) is 44.4 Å². The molecule has 1 N–H and O–H groups in total. The second-order valence-electron chi connectivity index (χ2n) is 5.70. The minimum Gasteiger partial charge on any atom is -0.314 e. The lowest BCUT2D eigenvalue weighted by Crippen LogP contribution is -2.46. The Morgan fingerprint density at radius 3 is 2.47 bits per heavy atom. The number of rotatable bonds is 3. The lowest BCUT2D eigenvalue weighted by atomic mass is 9.77. The molecule has 0 aromatic heterocycles. The highest BCUT2D eigenvalue weighted by atomic mass is 14.9. The summed E-state index contributed by atoms with van der Waals surface area (Å²) in [7, 11) is 2.14. The van der Waals surface area contributed by atoms with E-state index in [-0.39, 0.29) is 0 Å². The van der Waals surface area contributed by atoms with E-state index in [0.29, 0.717) is 5.54 Å². The largest absolute Gasteiger partial charge is 0.314 e. The van der Waals surface area contributed by atoms with Crippen molar-refractivity contribution >= 4 is 0 Å².